The molecule has 94 valence electrons. The summed E-state index contributed by atoms with van der Waals surface area (Å²) in [5, 5.41) is 0. The lowest BCUT2D eigenvalue weighted by Gasteiger charge is -2.24. The highest BCUT2D eigenvalue weighted by atomic mass is 16.7. The van der Waals surface area contributed by atoms with Crippen molar-refractivity contribution in [3.63, 3.8) is 0 Å². The van der Waals surface area contributed by atoms with E-state index >= 15 is 0 Å². The van der Waals surface area contributed by atoms with E-state index in [1.807, 2.05) is 30.3 Å². The Morgan fingerprint density at radius 1 is 1.24 bits per heavy atom. The van der Waals surface area contributed by atoms with E-state index in [1.165, 1.54) is 0 Å². The molecule has 1 heterocycles. The van der Waals surface area contributed by atoms with Gasteiger partial charge in [0.25, 0.3) is 0 Å². The number of rotatable bonds is 5. The molecular weight excluding hydrogens is 216 g/mol. The van der Waals surface area contributed by atoms with E-state index in [0.29, 0.717) is 13.2 Å². The molecule has 1 saturated heterocycles. The first-order valence-corrected chi connectivity index (χ1v) is 6.27. The lowest BCUT2D eigenvalue weighted by atomic mass is 10.1. The molecule has 1 fully saturated rings. The molecule has 0 amide bonds. The predicted octanol–water partition coefficient (Wildman–Crippen LogP) is 3.00. The molecule has 0 saturated carbocycles. The van der Waals surface area contributed by atoms with Gasteiger partial charge in [0.2, 0.25) is 0 Å². The number of hydrogen-bond acceptors (Lipinski definition) is 3. The maximum absolute atomic E-state index is 5.92. The Labute approximate surface area is 103 Å². The zero-order valence-electron chi connectivity index (χ0n) is 10.5. The summed E-state index contributed by atoms with van der Waals surface area (Å²) >= 11 is 0. The monoisotopic (exact) mass is 236 g/mol. The maximum atomic E-state index is 5.92. The van der Waals surface area contributed by atoms with Crippen LogP contribution in [0.2, 0.25) is 0 Å². The van der Waals surface area contributed by atoms with Crippen LogP contribution in [0.15, 0.2) is 30.3 Å². The van der Waals surface area contributed by atoms with Gasteiger partial charge < -0.3 is 14.2 Å². The molecule has 0 aromatic heterocycles. The number of benzene rings is 1. The predicted molar refractivity (Wildman–Crippen MR) is 66.1 cm³/mol. The van der Waals surface area contributed by atoms with E-state index in [4.69, 9.17) is 14.2 Å². The largest absolute Gasteiger partial charge is 0.491 e. The van der Waals surface area contributed by atoms with Gasteiger partial charge in [-0.2, -0.15) is 0 Å². The minimum Gasteiger partial charge on any atom is -0.491 e. The van der Waals surface area contributed by atoms with Crippen molar-refractivity contribution in [1.29, 1.82) is 0 Å². The second-order valence-electron chi connectivity index (χ2n) is 4.29. The van der Waals surface area contributed by atoms with Crippen LogP contribution in [-0.2, 0) is 9.47 Å². The van der Waals surface area contributed by atoms with Crippen LogP contribution in [0.25, 0.3) is 0 Å². The minimum absolute atomic E-state index is 0.0371. The van der Waals surface area contributed by atoms with Gasteiger partial charge in [-0.05, 0) is 25.0 Å². The topological polar surface area (TPSA) is 27.7 Å². The molecule has 1 aliphatic heterocycles. The number of hydrogen-bond donors (Lipinski definition) is 0. The second-order valence-corrected chi connectivity index (χ2v) is 4.29. The molecule has 1 aromatic carbocycles. The fourth-order valence-corrected chi connectivity index (χ4v) is 2.03. The summed E-state index contributed by atoms with van der Waals surface area (Å²) < 4.78 is 17.3. The van der Waals surface area contributed by atoms with Crippen molar-refractivity contribution < 1.29 is 14.2 Å². The van der Waals surface area contributed by atoms with E-state index in [1.54, 1.807) is 0 Å². The van der Waals surface area contributed by atoms with Gasteiger partial charge in [0.15, 0.2) is 5.79 Å². The second kappa shape index (κ2) is 5.52. The van der Waals surface area contributed by atoms with E-state index in [9.17, 15) is 0 Å². The van der Waals surface area contributed by atoms with E-state index in [-0.39, 0.29) is 11.9 Å². The van der Waals surface area contributed by atoms with Crippen molar-refractivity contribution >= 4 is 0 Å². The first-order valence-electron chi connectivity index (χ1n) is 6.27. The average Bonchev–Trinajstić information content (AvgIpc) is 2.82. The van der Waals surface area contributed by atoms with Gasteiger partial charge in [-0.25, -0.2) is 0 Å². The van der Waals surface area contributed by atoms with E-state index < -0.39 is 0 Å². The lowest BCUT2D eigenvalue weighted by molar-refractivity contribution is -0.174. The minimum atomic E-state index is -0.384. The summed E-state index contributed by atoms with van der Waals surface area (Å²) in [7, 11) is 0. The van der Waals surface area contributed by atoms with Gasteiger partial charge in [0.05, 0.1) is 6.61 Å². The Balaban J connectivity index is 1.82. The molecule has 1 atom stereocenters. The van der Waals surface area contributed by atoms with Crippen LogP contribution in [-0.4, -0.2) is 25.1 Å². The Kier molecular flexibility index (Phi) is 4.02. The van der Waals surface area contributed by atoms with Crippen LogP contribution < -0.4 is 4.74 Å². The molecule has 0 bridgehead atoms. The molecule has 3 heteroatoms. The Bertz CT molecular complexity index is 333. The highest BCUT2D eigenvalue weighted by Gasteiger charge is 2.38. The van der Waals surface area contributed by atoms with Gasteiger partial charge >= 0.3 is 0 Å². The van der Waals surface area contributed by atoms with Crippen LogP contribution in [0.5, 0.6) is 5.75 Å². The molecule has 0 N–H and O–H groups in total. The molecule has 17 heavy (non-hydrogen) atoms. The molecule has 0 spiro atoms. The summed E-state index contributed by atoms with van der Waals surface area (Å²) in [6.07, 6.45) is 1.80. The summed E-state index contributed by atoms with van der Waals surface area (Å²) in [5.74, 6) is 0.492. The quantitative estimate of drug-likeness (QED) is 0.786. The van der Waals surface area contributed by atoms with Crippen molar-refractivity contribution in [2.24, 2.45) is 0 Å². The molecule has 0 radical (unpaired) electrons. The highest BCUT2D eigenvalue weighted by Crippen LogP contribution is 2.30. The van der Waals surface area contributed by atoms with Gasteiger partial charge in [0, 0.05) is 0 Å². The smallest absolute Gasteiger partial charge is 0.168 e. The van der Waals surface area contributed by atoms with E-state index in [2.05, 4.69) is 13.8 Å². The van der Waals surface area contributed by atoms with Crippen molar-refractivity contribution in [1.82, 2.24) is 0 Å². The van der Waals surface area contributed by atoms with Crippen LogP contribution in [0.1, 0.15) is 26.7 Å². The third kappa shape index (κ3) is 2.99. The molecule has 0 aliphatic carbocycles. The van der Waals surface area contributed by atoms with Gasteiger partial charge in [0.1, 0.15) is 18.5 Å². The first-order chi connectivity index (χ1) is 8.28. The fourth-order valence-electron chi connectivity index (χ4n) is 2.03. The van der Waals surface area contributed by atoms with Crippen molar-refractivity contribution in [3.05, 3.63) is 30.3 Å². The standard InChI is InChI=1S/C14H20O3/c1-3-14(4-2)16-11-13(17-14)10-15-12-8-6-5-7-9-12/h5-9,13H,3-4,10-11H2,1-2H3. The molecule has 1 unspecified atom stereocenters. The molecule has 3 nitrogen and oxygen atoms in total. The Morgan fingerprint density at radius 2 is 1.94 bits per heavy atom. The van der Waals surface area contributed by atoms with Gasteiger partial charge in [-0.15, -0.1) is 0 Å². The summed E-state index contributed by atoms with van der Waals surface area (Å²) in [6.45, 7) is 5.34. The third-order valence-electron chi connectivity index (χ3n) is 3.17. The molecular formula is C14H20O3. The molecule has 1 aromatic rings. The van der Waals surface area contributed by atoms with Crippen LogP contribution >= 0.6 is 0 Å². The Hall–Kier alpha value is -1.06. The molecule has 2 rings (SSSR count). The average molecular weight is 236 g/mol. The zero-order chi connectivity index (χ0) is 12.1. The number of ether oxygens (including phenoxy) is 3. The van der Waals surface area contributed by atoms with Crippen molar-refractivity contribution in [2.75, 3.05) is 13.2 Å². The normalized spacial score (nSPS) is 22.6. The fraction of sp³-hybridized carbons (Fsp3) is 0.571. The Morgan fingerprint density at radius 3 is 2.53 bits per heavy atom. The van der Waals surface area contributed by atoms with Crippen molar-refractivity contribution in [2.45, 2.75) is 38.6 Å². The van der Waals surface area contributed by atoms with Crippen LogP contribution in [0, 0.1) is 0 Å². The van der Waals surface area contributed by atoms with Crippen LogP contribution in [0.3, 0.4) is 0 Å². The summed E-state index contributed by atoms with van der Waals surface area (Å²) in [4.78, 5) is 0. The zero-order valence-corrected chi connectivity index (χ0v) is 10.5. The van der Waals surface area contributed by atoms with Gasteiger partial charge in [-0.3, -0.25) is 0 Å². The van der Waals surface area contributed by atoms with E-state index in [0.717, 1.165) is 18.6 Å². The summed E-state index contributed by atoms with van der Waals surface area (Å²) in [5.41, 5.74) is 0. The maximum Gasteiger partial charge on any atom is 0.168 e. The van der Waals surface area contributed by atoms with Crippen LogP contribution in [0.4, 0.5) is 0 Å². The SMILES string of the molecule is CCC1(CC)OCC(COc2ccccc2)O1. The van der Waals surface area contributed by atoms with Crippen molar-refractivity contribution in [3.8, 4) is 5.75 Å². The molecule has 1 aliphatic rings. The highest BCUT2D eigenvalue weighted by molar-refractivity contribution is 5.20. The summed E-state index contributed by atoms with van der Waals surface area (Å²) in [6, 6.07) is 9.79. The van der Waals surface area contributed by atoms with Gasteiger partial charge in [-0.1, -0.05) is 32.0 Å². The first kappa shape index (κ1) is 12.4. The lowest BCUT2D eigenvalue weighted by Crippen LogP contribution is -2.30. The third-order valence-corrected chi connectivity index (χ3v) is 3.17. The number of para-hydroxylation sites is 1.